The van der Waals surface area contributed by atoms with Crippen molar-refractivity contribution in [2.24, 2.45) is 0 Å². The molecule has 0 fully saturated rings. The second-order valence-electron chi connectivity index (χ2n) is 3.79. The van der Waals surface area contributed by atoms with Crippen molar-refractivity contribution in [3.05, 3.63) is 23.8 Å². The van der Waals surface area contributed by atoms with Crippen LogP contribution in [0.25, 0.3) is 0 Å². The molecule has 0 saturated heterocycles. The van der Waals surface area contributed by atoms with Gasteiger partial charge in [-0.25, -0.2) is 0 Å². The zero-order chi connectivity index (χ0) is 14.1. The Morgan fingerprint density at radius 3 is 2.74 bits per heavy atom. The van der Waals surface area contributed by atoms with Crippen LogP contribution in [0.4, 0.5) is 0 Å². The molecule has 0 aromatic heterocycles. The Balaban J connectivity index is 2.44. The van der Waals surface area contributed by atoms with Gasteiger partial charge in [-0.1, -0.05) is 0 Å². The van der Waals surface area contributed by atoms with Crippen molar-refractivity contribution >= 4 is 12.3 Å². The van der Waals surface area contributed by atoms with Crippen LogP contribution in [0.2, 0.25) is 0 Å². The summed E-state index contributed by atoms with van der Waals surface area (Å²) in [4.78, 5) is 21.8. The lowest BCUT2D eigenvalue weighted by atomic mass is 10.2. The second-order valence-corrected chi connectivity index (χ2v) is 3.79. The molecule has 1 aromatic rings. The van der Waals surface area contributed by atoms with E-state index in [-0.39, 0.29) is 5.97 Å². The average Bonchev–Trinajstić information content (AvgIpc) is 2.44. The van der Waals surface area contributed by atoms with Gasteiger partial charge < -0.3 is 14.2 Å². The molecule has 19 heavy (non-hydrogen) atoms. The maximum atomic E-state index is 11.1. The highest BCUT2D eigenvalue weighted by atomic mass is 16.5. The van der Waals surface area contributed by atoms with Crippen molar-refractivity contribution in [1.29, 1.82) is 0 Å². The van der Waals surface area contributed by atoms with Gasteiger partial charge in [0.1, 0.15) is 6.29 Å². The first-order chi connectivity index (χ1) is 9.21. The number of hydrogen-bond donors (Lipinski definition) is 0. The fraction of sp³-hybridized carbons (Fsp3) is 0.429. The van der Waals surface area contributed by atoms with E-state index >= 15 is 0 Å². The van der Waals surface area contributed by atoms with Crippen molar-refractivity contribution in [3.8, 4) is 11.5 Å². The molecule has 5 heteroatoms. The summed E-state index contributed by atoms with van der Waals surface area (Å²) in [6.07, 6.45) is 1.63. The zero-order valence-electron chi connectivity index (χ0n) is 11.2. The first kappa shape index (κ1) is 15.0. The summed E-state index contributed by atoms with van der Waals surface area (Å²) in [7, 11) is 1.51. The first-order valence-corrected chi connectivity index (χ1v) is 6.13. The van der Waals surface area contributed by atoms with Crippen LogP contribution in [-0.2, 0) is 9.53 Å². The van der Waals surface area contributed by atoms with E-state index in [4.69, 9.17) is 14.2 Å². The lowest BCUT2D eigenvalue weighted by Gasteiger charge is -2.10. The fourth-order valence-corrected chi connectivity index (χ4v) is 1.51. The molecule has 0 radical (unpaired) electrons. The molecule has 0 heterocycles. The van der Waals surface area contributed by atoms with Crippen LogP contribution >= 0.6 is 0 Å². The molecule has 0 saturated carbocycles. The van der Waals surface area contributed by atoms with Gasteiger partial charge in [0.25, 0.3) is 0 Å². The second kappa shape index (κ2) is 8.13. The molecular formula is C14H18O5. The molecule has 0 aliphatic rings. The van der Waals surface area contributed by atoms with Crippen LogP contribution in [0.3, 0.4) is 0 Å². The topological polar surface area (TPSA) is 61.8 Å². The molecule has 0 bridgehead atoms. The van der Waals surface area contributed by atoms with Gasteiger partial charge in [0.15, 0.2) is 11.5 Å². The lowest BCUT2D eigenvalue weighted by molar-refractivity contribution is -0.143. The summed E-state index contributed by atoms with van der Waals surface area (Å²) >= 11 is 0. The fourth-order valence-electron chi connectivity index (χ4n) is 1.51. The smallest absolute Gasteiger partial charge is 0.305 e. The van der Waals surface area contributed by atoms with Crippen molar-refractivity contribution in [2.75, 3.05) is 20.3 Å². The van der Waals surface area contributed by atoms with Gasteiger partial charge >= 0.3 is 5.97 Å². The third-order valence-corrected chi connectivity index (χ3v) is 2.41. The van der Waals surface area contributed by atoms with Crippen molar-refractivity contribution in [2.45, 2.75) is 19.8 Å². The van der Waals surface area contributed by atoms with Crippen LogP contribution in [0.1, 0.15) is 30.1 Å². The number of rotatable bonds is 8. The normalized spacial score (nSPS) is 9.79. The molecule has 0 aliphatic heterocycles. The molecule has 0 aliphatic carbocycles. The van der Waals surface area contributed by atoms with E-state index < -0.39 is 0 Å². The number of methoxy groups -OCH3 is 1. The molecule has 0 N–H and O–H groups in total. The van der Waals surface area contributed by atoms with Gasteiger partial charge in [0.2, 0.25) is 0 Å². The highest BCUT2D eigenvalue weighted by Gasteiger charge is 2.06. The average molecular weight is 266 g/mol. The van der Waals surface area contributed by atoms with Crippen LogP contribution in [0.15, 0.2) is 18.2 Å². The minimum atomic E-state index is -0.227. The summed E-state index contributed by atoms with van der Waals surface area (Å²) < 4.78 is 15.4. The molecule has 104 valence electrons. The summed E-state index contributed by atoms with van der Waals surface area (Å²) in [5.41, 5.74) is 0.524. The van der Waals surface area contributed by atoms with Crippen molar-refractivity contribution in [3.63, 3.8) is 0 Å². The predicted molar refractivity (Wildman–Crippen MR) is 69.7 cm³/mol. The van der Waals surface area contributed by atoms with E-state index in [0.717, 1.165) is 6.29 Å². The van der Waals surface area contributed by atoms with Crippen LogP contribution < -0.4 is 9.47 Å². The minimum absolute atomic E-state index is 0.227. The minimum Gasteiger partial charge on any atom is -0.493 e. The maximum Gasteiger partial charge on any atom is 0.305 e. The Hall–Kier alpha value is -2.04. The van der Waals surface area contributed by atoms with Crippen LogP contribution in [0, 0.1) is 0 Å². The molecule has 1 rings (SSSR count). The van der Waals surface area contributed by atoms with E-state index in [9.17, 15) is 9.59 Å². The summed E-state index contributed by atoms with van der Waals surface area (Å²) in [5.74, 6) is 0.826. The largest absolute Gasteiger partial charge is 0.493 e. The maximum absolute atomic E-state index is 11.1. The van der Waals surface area contributed by atoms with Crippen molar-refractivity contribution < 1.29 is 23.8 Å². The molecule has 0 spiro atoms. The Labute approximate surface area is 112 Å². The molecular weight excluding hydrogens is 248 g/mol. The summed E-state index contributed by atoms with van der Waals surface area (Å²) in [5, 5.41) is 0. The number of aldehydes is 1. The van der Waals surface area contributed by atoms with E-state index in [2.05, 4.69) is 0 Å². The van der Waals surface area contributed by atoms with E-state index in [0.29, 0.717) is 43.1 Å². The number of carbonyl (C=O) groups excluding carboxylic acids is 2. The standard InChI is InChI=1S/C14H18O5/c1-3-18-14(16)5-4-8-19-12-7-6-11(10-15)9-13(12)17-2/h6-7,9-10H,3-5,8H2,1-2H3. The Morgan fingerprint density at radius 1 is 1.32 bits per heavy atom. The Kier molecular flexibility index (Phi) is 6.43. The monoisotopic (exact) mass is 266 g/mol. The van der Waals surface area contributed by atoms with Crippen LogP contribution in [0.5, 0.6) is 11.5 Å². The predicted octanol–water partition coefficient (Wildman–Crippen LogP) is 2.23. The Bertz CT molecular complexity index is 428. The quantitative estimate of drug-likeness (QED) is 0.410. The molecule has 5 nitrogen and oxygen atoms in total. The highest BCUT2D eigenvalue weighted by Crippen LogP contribution is 2.27. The van der Waals surface area contributed by atoms with Gasteiger partial charge in [0, 0.05) is 12.0 Å². The Morgan fingerprint density at radius 2 is 2.11 bits per heavy atom. The number of ether oxygens (including phenoxy) is 3. The molecule has 0 atom stereocenters. The van der Waals surface area contributed by atoms with E-state index in [1.54, 1.807) is 25.1 Å². The van der Waals surface area contributed by atoms with Gasteiger partial charge in [0.05, 0.1) is 20.3 Å². The van der Waals surface area contributed by atoms with Gasteiger partial charge in [-0.3, -0.25) is 9.59 Å². The van der Waals surface area contributed by atoms with E-state index in [1.807, 2.05) is 0 Å². The summed E-state index contributed by atoms with van der Waals surface area (Å²) in [6.45, 7) is 2.55. The number of benzene rings is 1. The third-order valence-electron chi connectivity index (χ3n) is 2.41. The zero-order valence-corrected chi connectivity index (χ0v) is 11.2. The first-order valence-electron chi connectivity index (χ1n) is 6.13. The van der Waals surface area contributed by atoms with Gasteiger partial charge in [-0.15, -0.1) is 0 Å². The number of esters is 1. The van der Waals surface area contributed by atoms with Gasteiger partial charge in [-0.2, -0.15) is 0 Å². The SMILES string of the molecule is CCOC(=O)CCCOc1ccc(C=O)cc1OC. The number of hydrogen-bond acceptors (Lipinski definition) is 5. The molecule has 1 aromatic carbocycles. The van der Waals surface area contributed by atoms with Crippen LogP contribution in [-0.4, -0.2) is 32.6 Å². The lowest BCUT2D eigenvalue weighted by Crippen LogP contribution is -2.07. The third kappa shape index (κ3) is 4.99. The highest BCUT2D eigenvalue weighted by molar-refractivity contribution is 5.76. The van der Waals surface area contributed by atoms with Gasteiger partial charge in [-0.05, 0) is 31.5 Å². The summed E-state index contributed by atoms with van der Waals surface area (Å²) in [6, 6.07) is 4.93. The van der Waals surface area contributed by atoms with E-state index in [1.165, 1.54) is 7.11 Å². The van der Waals surface area contributed by atoms with Crippen molar-refractivity contribution in [1.82, 2.24) is 0 Å². The molecule has 0 amide bonds. The molecule has 0 unspecified atom stereocenters. The number of carbonyl (C=O) groups is 2.